The monoisotopic (exact) mass is 528 g/mol. The lowest BCUT2D eigenvalue weighted by molar-refractivity contribution is 0.354. The van der Waals surface area contributed by atoms with Crippen molar-refractivity contribution in [1.82, 2.24) is 14.2 Å². The van der Waals surface area contributed by atoms with Crippen LogP contribution in [-0.2, 0) is 13.0 Å². The minimum Gasteiger partial charge on any atom is -0.493 e. The van der Waals surface area contributed by atoms with Gasteiger partial charge >= 0.3 is 0 Å². The first-order valence-corrected chi connectivity index (χ1v) is 13.3. The largest absolute Gasteiger partial charge is 0.493 e. The molecule has 1 aliphatic heterocycles. The predicted octanol–water partition coefficient (Wildman–Crippen LogP) is 5.65. The van der Waals surface area contributed by atoms with Crippen LogP contribution in [0.5, 0.6) is 11.5 Å². The van der Waals surface area contributed by atoms with E-state index in [9.17, 15) is 4.79 Å². The van der Waals surface area contributed by atoms with Gasteiger partial charge in [-0.15, -0.1) is 0 Å². The van der Waals surface area contributed by atoms with E-state index in [4.69, 9.17) is 14.5 Å². The van der Waals surface area contributed by atoms with Crippen molar-refractivity contribution in [2.45, 2.75) is 19.0 Å². The third kappa shape index (κ3) is 3.90. The maximum atomic E-state index is 13.8. The van der Waals surface area contributed by atoms with Gasteiger partial charge in [-0.2, -0.15) is 0 Å². The zero-order valence-electron chi connectivity index (χ0n) is 22.3. The van der Waals surface area contributed by atoms with E-state index in [0.717, 1.165) is 34.1 Å². The highest BCUT2D eigenvalue weighted by atomic mass is 16.5. The van der Waals surface area contributed by atoms with Crippen LogP contribution in [0.4, 0.5) is 0 Å². The van der Waals surface area contributed by atoms with Gasteiger partial charge in [0.15, 0.2) is 11.5 Å². The van der Waals surface area contributed by atoms with Crippen LogP contribution in [0.3, 0.4) is 0 Å². The molecule has 4 aromatic carbocycles. The molecular weight excluding hydrogens is 500 g/mol. The first kappa shape index (κ1) is 24.0. The Morgan fingerprint density at radius 1 is 0.850 bits per heavy atom. The summed E-state index contributed by atoms with van der Waals surface area (Å²) in [4.78, 5) is 18.7. The Kier molecular flexibility index (Phi) is 5.77. The van der Waals surface area contributed by atoms with Gasteiger partial charge in [0, 0.05) is 35.6 Å². The highest BCUT2D eigenvalue weighted by molar-refractivity contribution is 5.85. The van der Waals surface area contributed by atoms with Gasteiger partial charge in [-0.25, -0.2) is 9.66 Å². The topological polar surface area (TPSA) is 70.3 Å². The van der Waals surface area contributed by atoms with Crippen LogP contribution in [0.1, 0.15) is 34.1 Å². The van der Waals surface area contributed by atoms with Crippen molar-refractivity contribution in [3.8, 4) is 11.5 Å². The van der Waals surface area contributed by atoms with Gasteiger partial charge in [0.05, 0.1) is 31.2 Å². The van der Waals surface area contributed by atoms with Gasteiger partial charge in [-0.3, -0.25) is 4.79 Å². The summed E-state index contributed by atoms with van der Waals surface area (Å²) in [6.07, 6.45) is 2.66. The summed E-state index contributed by atoms with van der Waals surface area (Å²) in [7, 11) is 3.28. The standard InChI is InChI=1S/C33H28N4O3/c1-39-29-16-22-17-31-34-27-14-8-6-13-24(27)33(38)37(31)35-32(25(22)18-30(29)40-2)26-20-36(19-21-10-4-3-5-11-21)28-15-9-7-12-23(26)28/h3-16,18,20,32,35H,17,19H2,1-2H3/t32-/m1/s1. The van der Waals surface area contributed by atoms with Gasteiger partial charge in [0.1, 0.15) is 5.82 Å². The van der Waals surface area contributed by atoms with Crippen LogP contribution in [0.2, 0.25) is 0 Å². The molecule has 0 aliphatic carbocycles. The van der Waals surface area contributed by atoms with Crippen LogP contribution in [0.15, 0.2) is 102 Å². The summed E-state index contributed by atoms with van der Waals surface area (Å²) in [5.74, 6) is 1.92. The molecule has 0 bridgehead atoms. The maximum absolute atomic E-state index is 13.8. The van der Waals surface area contributed by atoms with E-state index in [2.05, 4.69) is 64.7 Å². The van der Waals surface area contributed by atoms with E-state index in [1.165, 1.54) is 5.56 Å². The molecule has 1 atom stereocenters. The summed E-state index contributed by atoms with van der Waals surface area (Å²) < 4.78 is 15.3. The zero-order chi connectivity index (χ0) is 27.2. The second-order valence-corrected chi connectivity index (χ2v) is 10.0. The Balaban J connectivity index is 1.48. The van der Waals surface area contributed by atoms with Crippen molar-refractivity contribution in [3.63, 3.8) is 0 Å². The van der Waals surface area contributed by atoms with Gasteiger partial charge in [0.2, 0.25) is 0 Å². The molecule has 0 fully saturated rings. The Morgan fingerprint density at radius 2 is 1.55 bits per heavy atom. The number of benzene rings is 4. The molecule has 7 rings (SSSR count). The molecular formula is C33H28N4O3. The van der Waals surface area contributed by atoms with E-state index < -0.39 is 0 Å². The molecule has 6 aromatic rings. The Hall–Kier alpha value is -5.04. The predicted molar refractivity (Wildman–Crippen MR) is 157 cm³/mol. The SMILES string of the molecule is COc1cc2c(cc1OC)[C@H](c1cn(Cc3ccccc3)c3ccccc13)Nn1c(nc3ccccc3c1=O)C2. The van der Waals surface area contributed by atoms with Crippen molar-refractivity contribution < 1.29 is 9.47 Å². The molecule has 0 spiro atoms. The van der Waals surface area contributed by atoms with Gasteiger partial charge < -0.3 is 19.5 Å². The van der Waals surface area contributed by atoms with Crippen molar-refractivity contribution in [2.24, 2.45) is 0 Å². The molecule has 198 valence electrons. The van der Waals surface area contributed by atoms with Crippen LogP contribution in [0, 0.1) is 0 Å². The van der Waals surface area contributed by atoms with E-state index in [-0.39, 0.29) is 11.6 Å². The Bertz CT molecular complexity index is 1940. The third-order valence-electron chi connectivity index (χ3n) is 7.73. The summed E-state index contributed by atoms with van der Waals surface area (Å²) in [5.41, 5.74) is 9.57. The molecule has 0 radical (unpaired) electrons. The number of rotatable bonds is 5. The van der Waals surface area contributed by atoms with Crippen molar-refractivity contribution in [3.05, 3.63) is 136 Å². The molecule has 40 heavy (non-hydrogen) atoms. The summed E-state index contributed by atoms with van der Waals surface area (Å²) in [6, 6.07) is 30.0. The molecule has 1 N–H and O–H groups in total. The molecule has 3 heterocycles. The lowest BCUT2D eigenvalue weighted by Crippen LogP contribution is -2.34. The summed E-state index contributed by atoms with van der Waals surface area (Å²) in [6.45, 7) is 0.732. The number of hydrogen-bond acceptors (Lipinski definition) is 5. The summed E-state index contributed by atoms with van der Waals surface area (Å²) in [5, 5.41) is 1.69. The third-order valence-corrected chi connectivity index (χ3v) is 7.73. The fraction of sp³-hybridized carbons (Fsp3) is 0.152. The normalized spacial score (nSPS) is 14.3. The summed E-state index contributed by atoms with van der Waals surface area (Å²) >= 11 is 0. The number of aromatic nitrogens is 3. The van der Waals surface area contributed by atoms with Gasteiger partial charge in [-0.05, 0) is 47.0 Å². The lowest BCUT2D eigenvalue weighted by atomic mass is 9.93. The highest BCUT2D eigenvalue weighted by Gasteiger charge is 2.29. The minimum atomic E-state index is -0.348. The second-order valence-electron chi connectivity index (χ2n) is 10.0. The number of methoxy groups -OCH3 is 2. The van der Waals surface area contributed by atoms with Crippen LogP contribution in [-0.4, -0.2) is 28.4 Å². The van der Waals surface area contributed by atoms with E-state index >= 15 is 0 Å². The fourth-order valence-electron chi connectivity index (χ4n) is 5.81. The fourth-order valence-corrected chi connectivity index (χ4v) is 5.81. The Morgan fingerprint density at radius 3 is 2.35 bits per heavy atom. The molecule has 7 nitrogen and oxygen atoms in total. The molecule has 7 heteroatoms. The number of para-hydroxylation sites is 2. The first-order valence-electron chi connectivity index (χ1n) is 13.3. The molecule has 0 amide bonds. The van der Waals surface area contributed by atoms with Crippen LogP contribution < -0.4 is 20.5 Å². The van der Waals surface area contributed by atoms with Gasteiger partial charge in [-0.1, -0.05) is 60.7 Å². The van der Waals surface area contributed by atoms with E-state index in [1.54, 1.807) is 18.9 Å². The van der Waals surface area contributed by atoms with Crippen molar-refractivity contribution in [1.29, 1.82) is 0 Å². The number of fused-ring (bicyclic) bond motifs is 4. The molecule has 1 aliphatic rings. The lowest BCUT2D eigenvalue weighted by Gasteiger charge is -2.22. The van der Waals surface area contributed by atoms with Crippen molar-refractivity contribution in [2.75, 3.05) is 19.6 Å². The number of hydrogen-bond donors (Lipinski definition) is 1. The second kappa shape index (κ2) is 9.61. The first-order chi connectivity index (χ1) is 19.6. The molecule has 0 unspecified atom stereocenters. The van der Waals surface area contributed by atoms with E-state index in [1.807, 2.05) is 42.5 Å². The maximum Gasteiger partial charge on any atom is 0.279 e. The average molecular weight is 529 g/mol. The quantitative estimate of drug-likeness (QED) is 0.313. The highest BCUT2D eigenvalue weighted by Crippen LogP contribution is 2.40. The Labute approximate surface area is 231 Å². The minimum absolute atomic E-state index is 0.120. The van der Waals surface area contributed by atoms with Crippen LogP contribution >= 0.6 is 0 Å². The number of ether oxygens (including phenoxy) is 2. The molecule has 2 aromatic heterocycles. The number of nitrogens with zero attached hydrogens (tertiary/aromatic N) is 3. The molecule has 0 saturated carbocycles. The average Bonchev–Trinajstić information content (AvgIpc) is 3.26. The van der Waals surface area contributed by atoms with E-state index in [0.29, 0.717) is 34.6 Å². The van der Waals surface area contributed by atoms with Crippen LogP contribution in [0.25, 0.3) is 21.8 Å². The smallest absolute Gasteiger partial charge is 0.279 e. The van der Waals surface area contributed by atoms with Gasteiger partial charge in [0.25, 0.3) is 5.56 Å². The zero-order valence-corrected chi connectivity index (χ0v) is 22.3. The molecule has 0 saturated heterocycles. The number of nitrogens with one attached hydrogen (secondary N) is 1. The van der Waals surface area contributed by atoms with Crippen molar-refractivity contribution >= 4 is 21.8 Å².